The molecule has 0 nitrogen and oxygen atoms in total. The molecule has 1 rings (SSSR count). The Labute approximate surface area is 85.7 Å². The van der Waals surface area contributed by atoms with Crippen molar-refractivity contribution in [1.29, 1.82) is 0 Å². The minimum Gasteiger partial charge on any atom is -0.204 e. The zero-order valence-electron chi connectivity index (χ0n) is 7.80. The van der Waals surface area contributed by atoms with E-state index in [2.05, 4.69) is 0 Å². The Morgan fingerprint density at radius 3 is 1.50 bits per heavy atom. The van der Waals surface area contributed by atoms with Crippen LogP contribution in [0.1, 0.15) is 18.1 Å². The van der Waals surface area contributed by atoms with Crippen LogP contribution in [0.15, 0.2) is 12.1 Å². The molecule has 1 aromatic rings. The second kappa shape index (κ2) is 3.64. The van der Waals surface area contributed by atoms with Gasteiger partial charge in [-0.15, -0.1) is 0 Å². The van der Waals surface area contributed by atoms with Crippen molar-refractivity contribution < 1.29 is 30.7 Å². The van der Waals surface area contributed by atoms with E-state index in [0.717, 1.165) is 0 Å². The van der Waals surface area contributed by atoms with Crippen molar-refractivity contribution in [2.45, 2.75) is 19.0 Å². The number of benzene rings is 1. The molecule has 0 aliphatic rings. The fourth-order valence-corrected chi connectivity index (χ4v) is 1.14. The molecule has 0 unspecified atom stereocenters. The maximum atomic E-state index is 12.8. The van der Waals surface area contributed by atoms with Crippen LogP contribution >= 0.6 is 0 Å². The van der Waals surface area contributed by atoms with Gasteiger partial charge in [0.15, 0.2) is 11.6 Å². The monoisotopic (exact) mass is 246 g/mol. The van der Waals surface area contributed by atoms with Crippen LogP contribution in [0.3, 0.4) is 0 Å². The first kappa shape index (κ1) is 12.8. The van der Waals surface area contributed by atoms with Gasteiger partial charge in [-0.1, -0.05) is 0 Å². The van der Waals surface area contributed by atoms with E-state index in [-0.39, 0.29) is 19.1 Å². The summed E-state index contributed by atoms with van der Waals surface area (Å²) in [6.07, 6.45) is -5.16. The summed E-state index contributed by atoms with van der Waals surface area (Å²) in [5.74, 6) is -7.47. The number of hydrogen-bond donors (Lipinski definition) is 0. The molecule has 0 aliphatic carbocycles. The SMILES string of the molecule is CC(F)(F)c1cc(F)c(F)cc1C(F)(F)F. The van der Waals surface area contributed by atoms with Crippen LogP contribution in [0.2, 0.25) is 0 Å². The van der Waals surface area contributed by atoms with Crippen LogP contribution in [-0.2, 0) is 12.1 Å². The average molecular weight is 246 g/mol. The van der Waals surface area contributed by atoms with Crippen molar-refractivity contribution in [1.82, 2.24) is 0 Å². The lowest BCUT2D eigenvalue weighted by Crippen LogP contribution is -2.18. The largest absolute Gasteiger partial charge is 0.417 e. The van der Waals surface area contributed by atoms with Crippen LogP contribution < -0.4 is 0 Å². The summed E-state index contributed by atoms with van der Waals surface area (Å²) in [7, 11) is 0. The topological polar surface area (TPSA) is 0 Å². The first-order valence-corrected chi connectivity index (χ1v) is 3.98. The summed E-state index contributed by atoms with van der Waals surface area (Å²) >= 11 is 0. The third-order valence-corrected chi connectivity index (χ3v) is 1.84. The molecule has 0 heterocycles. The van der Waals surface area contributed by atoms with E-state index in [1.165, 1.54) is 0 Å². The Kier molecular flexibility index (Phi) is 2.91. The number of rotatable bonds is 1. The zero-order chi connectivity index (χ0) is 12.7. The highest BCUT2D eigenvalue weighted by molar-refractivity contribution is 5.34. The highest BCUT2D eigenvalue weighted by Crippen LogP contribution is 2.39. The lowest BCUT2D eigenvalue weighted by Gasteiger charge is -2.18. The van der Waals surface area contributed by atoms with Crippen molar-refractivity contribution in [3.63, 3.8) is 0 Å². The van der Waals surface area contributed by atoms with Gasteiger partial charge in [-0.25, -0.2) is 17.6 Å². The molecule has 0 N–H and O–H groups in total. The van der Waals surface area contributed by atoms with Gasteiger partial charge in [-0.3, -0.25) is 0 Å². The van der Waals surface area contributed by atoms with E-state index < -0.39 is 34.9 Å². The second-order valence-corrected chi connectivity index (χ2v) is 3.20. The summed E-state index contributed by atoms with van der Waals surface area (Å²) < 4.78 is 87.5. The Bertz CT molecular complexity index is 361. The van der Waals surface area contributed by atoms with Gasteiger partial charge in [0.25, 0.3) is 5.92 Å². The molecule has 0 amide bonds. The first-order valence-electron chi connectivity index (χ1n) is 3.98. The molecule has 0 aromatic heterocycles. The molecular weight excluding hydrogens is 241 g/mol. The normalized spacial score (nSPS) is 13.0. The highest BCUT2D eigenvalue weighted by Gasteiger charge is 2.41. The molecule has 1 aromatic carbocycles. The third kappa shape index (κ3) is 2.45. The minimum atomic E-state index is -5.16. The number of alkyl halides is 5. The van der Waals surface area contributed by atoms with Crippen molar-refractivity contribution in [3.05, 3.63) is 34.9 Å². The molecule has 90 valence electrons. The lowest BCUT2D eigenvalue weighted by molar-refractivity contribution is -0.141. The lowest BCUT2D eigenvalue weighted by atomic mass is 10.0. The Balaban J connectivity index is 3.53. The molecule has 7 heteroatoms. The summed E-state index contributed by atoms with van der Waals surface area (Å²) in [6.45, 7) is 0.176. The predicted octanol–water partition coefficient (Wildman–Crippen LogP) is 4.10. The smallest absolute Gasteiger partial charge is 0.204 e. The standard InChI is InChI=1S/C9H5F7/c1-8(12,13)4-2-6(10)7(11)3-5(4)9(14,15)16/h2-3H,1H3. The van der Waals surface area contributed by atoms with Crippen LogP contribution in [0.4, 0.5) is 30.7 Å². The number of hydrogen-bond acceptors (Lipinski definition) is 0. The molecule has 0 fully saturated rings. The fourth-order valence-electron chi connectivity index (χ4n) is 1.14. The van der Waals surface area contributed by atoms with Crippen molar-refractivity contribution >= 4 is 0 Å². The molecular formula is C9H5F7. The molecule has 0 saturated carbocycles. The third-order valence-electron chi connectivity index (χ3n) is 1.84. The maximum Gasteiger partial charge on any atom is 0.417 e. The van der Waals surface area contributed by atoms with Crippen LogP contribution in [0, 0.1) is 11.6 Å². The van der Waals surface area contributed by atoms with Crippen LogP contribution in [-0.4, -0.2) is 0 Å². The average Bonchev–Trinajstić information content (AvgIpc) is 2.05. The van der Waals surface area contributed by atoms with Gasteiger partial charge in [-0.05, 0) is 12.1 Å². The zero-order valence-corrected chi connectivity index (χ0v) is 7.80. The molecule has 0 atom stereocenters. The molecule has 0 aliphatic heterocycles. The minimum absolute atomic E-state index is 0.141. The van der Waals surface area contributed by atoms with Crippen molar-refractivity contribution in [3.8, 4) is 0 Å². The second-order valence-electron chi connectivity index (χ2n) is 3.20. The fraction of sp³-hybridized carbons (Fsp3) is 0.333. The quantitative estimate of drug-likeness (QED) is 0.654. The van der Waals surface area contributed by atoms with Gasteiger partial charge in [0.1, 0.15) is 0 Å². The van der Waals surface area contributed by atoms with Gasteiger partial charge in [0.05, 0.1) is 5.56 Å². The van der Waals surface area contributed by atoms with Gasteiger partial charge in [0.2, 0.25) is 0 Å². The Hall–Kier alpha value is -1.27. The van der Waals surface area contributed by atoms with E-state index in [0.29, 0.717) is 0 Å². The summed E-state index contributed by atoms with van der Waals surface area (Å²) in [4.78, 5) is 0. The van der Waals surface area contributed by atoms with Crippen LogP contribution in [0.5, 0.6) is 0 Å². The van der Waals surface area contributed by atoms with E-state index in [1.807, 2.05) is 0 Å². The maximum absolute atomic E-state index is 12.8. The summed E-state index contributed by atoms with van der Waals surface area (Å²) in [6, 6.07) is -0.416. The Morgan fingerprint density at radius 1 is 0.812 bits per heavy atom. The van der Waals surface area contributed by atoms with Crippen molar-refractivity contribution in [2.75, 3.05) is 0 Å². The first-order chi connectivity index (χ1) is 7.03. The Morgan fingerprint density at radius 2 is 1.19 bits per heavy atom. The summed E-state index contributed by atoms with van der Waals surface area (Å²) in [5, 5.41) is 0. The molecule has 0 spiro atoms. The molecule has 0 bridgehead atoms. The van der Waals surface area contributed by atoms with E-state index in [9.17, 15) is 30.7 Å². The highest BCUT2D eigenvalue weighted by atomic mass is 19.4. The van der Waals surface area contributed by atoms with Crippen LogP contribution in [0.25, 0.3) is 0 Å². The number of halogens is 7. The van der Waals surface area contributed by atoms with Gasteiger partial charge in [-0.2, -0.15) is 13.2 Å². The molecule has 0 saturated heterocycles. The van der Waals surface area contributed by atoms with Gasteiger partial charge in [0, 0.05) is 12.5 Å². The van der Waals surface area contributed by atoms with E-state index >= 15 is 0 Å². The molecule has 0 radical (unpaired) electrons. The van der Waals surface area contributed by atoms with E-state index in [1.54, 1.807) is 0 Å². The molecule has 16 heavy (non-hydrogen) atoms. The summed E-state index contributed by atoms with van der Waals surface area (Å²) in [5.41, 5.74) is -3.46. The van der Waals surface area contributed by atoms with E-state index in [4.69, 9.17) is 0 Å². The van der Waals surface area contributed by atoms with Gasteiger partial charge < -0.3 is 0 Å². The van der Waals surface area contributed by atoms with Gasteiger partial charge >= 0.3 is 6.18 Å². The predicted molar refractivity (Wildman–Crippen MR) is 40.9 cm³/mol. The van der Waals surface area contributed by atoms with Crippen molar-refractivity contribution in [2.24, 2.45) is 0 Å².